The fourth-order valence-electron chi connectivity index (χ4n) is 0.438. The molecule has 0 unspecified atom stereocenters. The maximum absolute atomic E-state index is 3.36. The van der Waals surface area contributed by atoms with E-state index in [-0.39, 0.29) is 35.0 Å². The first kappa shape index (κ1) is 12.2. The van der Waals surface area contributed by atoms with E-state index < -0.39 is 0 Å². The van der Waals surface area contributed by atoms with Crippen molar-refractivity contribution in [2.24, 2.45) is 0 Å². The topological polar surface area (TPSA) is 30.0 Å². The van der Waals surface area contributed by atoms with Gasteiger partial charge >= 0.3 is 0 Å². The monoisotopic (exact) mass is 151 g/mol. The summed E-state index contributed by atoms with van der Waals surface area (Å²) in [5, 5.41) is 0. The zero-order chi connectivity index (χ0) is 5.11. The van der Waals surface area contributed by atoms with E-state index in [0.717, 1.165) is 4.90 Å². The molecule has 1 aromatic rings. The average Bonchev–Trinajstić information content (AvgIpc) is 1.69. The largest absolute Gasteiger partial charge is 0.870 e. The van der Waals surface area contributed by atoms with Gasteiger partial charge in [0.25, 0.3) is 0 Å². The summed E-state index contributed by atoms with van der Waals surface area (Å²) in [6.45, 7) is 0. The van der Waals surface area contributed by atoms with E-state index in [4.69, 9.17) is 0 Å². The molecule has 1 nitrogen and oxygen atoms in total. The van der Waals surface area contributed by atoms with Crippen LogP contribution in [-0.2, 0) is 12.6 Å². The molecule has 1 aromatic carbocycles. The molecule has 1 N–H and O–H groups in total. The molecule has 0 atom stereocenters. The molecule has 9 heavy (non-hydrogen) atoms. The molecule has 0 fully saturated rings. The fourth-order valence-corrected chi connectivity index (χ4v) is 0.631. The van der Waals surface area contributed by atoms with Crippen LogP contribution in [0.25, 0.3) is 0 Å². The van der Waals surface area contributed by atoms with Crippen LogP contribution in [0.15, 0.2) is 35.2 Å². The molecule has 45 valence electrons. The van der Waals surface area contributed by atoms with Crippen molar-refractivity contribution in [1.82, 2.24) is 0 Å². The van der Waals surface area contributed by atoms with Gasteiger partial charge in [-0.15, -0.1) is 0 Å². The summed E-state index contributed by atoms with van der Waals surface area (Å²) in [5.41, 5.74) is 0. The Bertz CT molecular complexity index is 143. The van der Waals surface area contributed by atoms with Crippen LogP contribution in [0, 0.1) is 0 Å². The summed E-state index contributed by atoms with van der Waals surface area (Å²) in [7, 11) is 0. The summed E-state index contributed by atoms with van der Waals surface area (Å²) in [6.07, 6.45) is 0. The summed E-state index contributed by atoms with van der Waals surface area (Å²) in [6, 6.07) is 9.96. The molecule has 0 aliphatic carbocycles. The normalized spacial score (nSPS) is 6.78. The molecule has 0 aliphatic rings. The minimum Gasteiger partial charge on any atom is -0.870 e. The molecule has 0 heterocycles. The van der Waals surface area contributed by atoms with E-state index in [9.17, 15) is 0 Å². The number of benzene rings is 1. The Labute approximate surface area is 82.5 Å². The molecule has 0 bridgehead atoms. The van der Waals surface area contributed by atoms with Crippen molar-refractivity contribution in [1.29, 1.82) is 0 Å². The third-order valence-corrected chi connectivity index (χ3v) is 1.11. The molecule has 0 amide bonds. The molecule has 0 aromatic heterocycles. The van der Waals surface area contributed by atoms with Crippen LogP contribution in [0.4, 0.5) is 0 Å². The van der Waals surface area contributed by atoms with Crippen LogP contribution in [-0.4, -0.2) is 35.0 Å². The van der Waals surface area contributed by atoms with Gasteiger partial charge in [0, 0.05) is 29.6 Å². The van der Waals surface area contributed by atoms with Crippen molar-refractivity contribution in [3.63, 3.8) is 0 Å². The fraction of sp³-hybridized carbons (Fsp3) is 0. The summed E-state index contributed by atoms with van der Waals surface area (Å²) in [4.78, 5) is 1.13. The Balaban J connectivity index is 0. The first-order chi connectivity index (χ1) is 3.39. The summed E-state index contributed by atoms with van der Waals surface area (Å²) >= 11 is 3.36. The Morgan fingerprint density at radius 1 is 1.00 bits per heavy atom. The van der Waals surface area contributed by atoms with E-state index in [1.165, 1.54) is 0 Å². The molecular weight excluding hydrogens is 143 g/mol. The van der Waals surface area contributed by atoms with Gasteiger partial charge in [0.05, 0.1) is 0 Å². The predicted octanol–water partition coefficient (Wildman–Crippen LogP) is 0.499. The van der Waals surface area contributed by atoms with Crippen LogP contribution >= 0.6 is 0 Å². The van der Waals surface area contributed by atoms with Gasteiger partial charge < -0.3 is 5.48 Å². The maximum atomic E-state index is 3.36. The van der Waals surface area contributed by atoms with Gasteiger partial charge in [-0.3, -0.25) is 0 Å². The van der Waals surface area contributed by atoms with Crippen molar-refractivity contribution in [2.75, 3.05) is 0 Å². The minimum absolute atomic E-state index is 0. The second-order valence-corrected chi connectivity index (χ2v) is 1.94. The molecular formula is C6H8NaOS. The second kappa shape index (κ2) is 6.65. The van der Waals surface area contributed by atoms with Crippen LogP contribution in [0.3, 0.4) is 0 Å². The Kier molecular flexibility index (Phi) is 9.03. The molecule has 0 saturated heterocycles. The Hall–Kier alpha value is 0.530. The Morgan fingerprint density at radius 2 is 1.44 bits per heavy atom. The van der Waals surface area contributed by atoms with E-state index in [1.54, 1.807) is 0 Å². The van der Waals surface area contributed by atoms with Gasteiger partial charge in [-0.25, -0.2) is 0 Å². The summed E-state index contributed by atoms with van der Waals surface area (Å²) < 4.78 is 0. The maximum Gasteiger partial charge on any atom is 0.150 e. The van der Waals surface area contributed by atoms with Crippen molar-refractivity contribution in [3.8, 4) is 0 Å². The van der Waals surface area contributed by atoms with Gasteiger partial charge in [-0.05, 0) is 24.8 Å². The zero-order valence-corrected chi connectivity index (χ0v) is 8.33. The van der Waals surface area contributed by atoms with E-state index in [2.05, 4.69) is 12.6 Å². The third-order valence-electron chi connectivity index (χ3n) is 0.774. The van der Waals surface area contributed by atoms with Gasteiger partial charge in [0.1, 0.15) is 4.90 Å². The van der Waals surface area contributed by atoms with Crippen molar-refractivity contribution in [3.05, 3.63) is 30.3 Å². The van der Waals surface area contributed by atoms with Crippen molar-refractivity contribution >= 4 is 42.2 Å². The van der Waals surface area contributed by atoms with Gasteiger partial charge in [0.2, 0.25) is 0 Å². The standard InChI is InChI=1S/C6H6S.Na.H2O/c7-6-4-2-1-3-5-6;;/h1-5,7H;;1H2. The first-order valence-electron chi connectivity index (χ1n) is 2.16. The second-order valence-electron chi connectivity index (χ2n) is 1.37. The molecule has 0 spiro atoms. The third kappa shape index (κ3) is 5.00. The van der Waals surface area contributed by atoms with Crippen LogP contribution in [0.5, 0.6) is 0 Å². The van der Waals surface area contributed by atoms with Gasteiger partial charge in [-0.2, -0.15) is 0 Å². The number of hydrogen-bond donors (Lipinski definition) is 0. The predicted molar refractivity (Wildman–Crippen MR) is 42.6 cm³/mol. The average molecular weight is 151 g/mol. The number of hydrogen-bond acceptors (Lipinski definition) is 1. The molecule has 3 heteroatoms. The molecule has 0 saturated carbocycles. The molecule has 0 aliphatic heterocycles. The molecule has 1 radical (unpaired) electrons. The smallest absolute Gasteiger partial charge is 0.150 e. The SMILES string of the molecule is [Na].[OH-].[SH2+]c1ccccc1. The van der Waals surface area contributed by atoms with Crippen molar-refractivity contribution in [2.45, 2.75) is 4.90 Å². The Morgan fingerprint density at radius 3 is 1.67 bits per heavy atom. The van der Waals surface area contributed by atoms with Gasteiger partial charge in [-0.1, -0.05) is 18.2 Å². The summed E-state index contributed by atoms with van der Waals surface area (Å²) in [5.74, 6) is 0. The van der Waals surface area contributed by atoms with Gasteiger partial charge in [0.15, 0.2) is 0 Å². The van der Waals surface area contributed by atoms with E-state index >= 15 is 0 Å². The quantitative estimate of drug-likeness (QED) is 0.392. The first-order valence-corrected chi connectivity index (χ1v) is 2.66. The zero-order valence-electron chi connectivity index (χ0n) is 5.33. The minimum atomic E-state index is 0. The van der Waals surface area contributed by atoms with Crippen LogP contribution in [0.2, 0.25) is 0 Å². The number of rotatable bonds is 0. The molecule has 1 rings (SSSR count). The van der Waals surface area contributed by atoms with Crippen LogP contribution in [0.1, 0.15) is 0 Å². The van der Waals surface area contributed by atoms with Crippen molar-refractivity contribution < 1.29 is 5.48 Å². The van der Waals surface area contributed by atoms with Crippen LogP contribution < -0.4 is 0 Å². The van der Waals surface area contributed by atoms with E-state index in [0.29, 0.717) is 0 Å². The van der Waals surface area contributed by atoms with E-state index in [1.807, 2.05) is 30.3 Å².